The smallest absolute Gasteiger partial charge is 0.164 e. The molecule has 1 aliphatic rings. The molecule has 4 heterocycles. The van der Waals surface area contributed by atoms with Crippen LogP contribution in [0.1, 0.15) is 18.2 Å². The van der Waals surface area contributed by atoms with Gasteiger partial charge in [-0.2, -0.15) is 0 Å². The molecule has 3 aromatic rings. The Morgan fingerprint density at radius 3 is 2.68 bits per heavy atom. The van der Waals surface area contributed by atoms with Gasteiger partial charge in [0.15, 0.2) is 15.5 Å². The van der Waals surface area contributed by atoms with E-state index in [1.807, 2.05) is 28.8 Å². The normalized spacial score (nSPS) is 20.5. The van der Waals surface area contributed by atoms with Gasteiger partial charge in [-0.1, -0.05) is 0 Å². The van der Waals surface area contributed by atoms with Gasteiger partial charge >= 0.3 is 0 Å². The summed E-state index contributed by atoms with van der Waals surface area (Å²) in [5, 5.41) is 0. The van der Waals surface area contributed by atoms with E-state index in [9.17, 15) is 8.42 Å². The molecular formula is C15H14N4O2S. The highest BCUT2D eigenvalue weighted by atomic mass is 32.2. The van der Waals surface area contributed by atoms with E-state index in [4.69, 9.17) is 0 Å². The van der Waals surface area contributed by atoms with E-state index in [1.165, 1.54) is 0 Å². The monoisotopic (exact) mass is 314 g/mol. The molecule has 4 rings (SSSR count). The van der Waals surface area contributed by atoms with E-state index >= 15 is 0 Å². The summed E-state index contributed by atoms with van der Waals surface area (Å²) in [6.45, 7) is 0. The molecular weight excluding hydrogens is 300 g/mol. The van der Waals surface area contributed by atoms with E-state index in [1.54, 1.807) is 18.6 Å². The van der Waals surface area contributed by atoms with Crippen LogP contribution in [0.5, 0.6) is 0 Å². The van der Waals surface area contributed by atoms with Gasteiger partial charge in [-0.3, -0.25) is 9.55 Å². The maximum absolute atomic E-state index is 11.8. The minimum absolute atomic E-state index is 0.0904. The molecule has 0 N–H and O–H groups in total. The van der Waals surface area contributed by atoms with Crippen molar-refractivity contribution in [2.24, 2.45) is 0 Å². The lowest BCUT2D eigenvalue weighted by Gasteiger charge is -2.12. The van der Waals surface area contributed by atoms with Crippen molar-refractivity contribution >= 4 is 21.0 Å². The average Bonchev–Trinajstić information content (AvgIpc) is 3.08. The van der Waals surface area contributed by atoms with Crippen molar-refractivity contribution in [3.8, 4) is 5.69 Å². The zero-order chi connectivity index (χ0) is 15.2. The number of fused-ring (bicyclic) bond motifs is 1. The number of rotatable bonds is 2. The van der Waals surface area contributed by atoms with Crippen molar-refractivity contribution in [3.63, 3.8) is 0 Å². The van der Waals surface area contributed by atoms with Crippen LogP contribution in [-0.4, -0.2) is 39.4 Å². The first-order chi connectivity index (χ1) is 10.6. The summed E-state index contributed by atoms with van der Waals surface area (Å²) in [4.78, 5) is 13.1. The fourth-order valence-corrected chi connectivity index (χ4v) is 4.69. The van der Waals surface area contributed by atoms with Crippen molar-refractivity contribution in [3.05, 3.63) is 48.7 Å². The molecule has 0 spiro atoms. The van der Waals surface area contributed by atoms with E-state index in [-0.39, 0.29) is 17.4 Å². The number of nitrogens with zero attached hydrogens (tertiary/aromatic N) is 4. The van der Waals surface area contributed by atoms with Crippen LogP contribution in [0.15, 0.2) is 42.9 Å². The first-order valence-corrected chi connectivity index (χ1v) is 8.90. The second kappa shape index (κ2) is 4.88. The van der Waals surface area contributed by atoms with Crippen LogP contribution in [0.2, 0.25) is 0 Å². The minimum Gasteiger partial charge on any atom is -0.280 e. The Kier molecular flexibility index (Phi) is 2.97. The van der Waals surface area contributed by atoms with Gasteiger partial charge in [0.2, 0.25) is 0 Å². The van der Waals surface area contributed by atoms with Gasteiger partial charge in [-0.15, -0.1) is 0 Å². The predicted octanol–water partition coefficient (Wildman–Crippen LogP) is 1.72. The molecule has 112 valence electrons. The second-order valence-corrected chi connectivity index (χ2v) is 7.69. The van der Waals surface area contributed by atoms with Gasteiger partial charge in [-0.05, 0) is 30.7 Å². The van der Waals surface area contributed by atoms with Crippen LogP contribution < -0.4 is 0 Å². The summed E-state index contributed by atoms with van der Waals surface area (Å²) >= 11 is 0. The van der Waals surface area contributed by atoms with Crippen molar-refractivity contribution < 1.29 is 8.42 Å². The molecule has 1 unspecified atom stereocenters. The molecule has 0 saturated carbocycles. The molecule has 1 aliphatic heterocycles. The highest BCUT2D eigenvalue weighted by molar-refractivity contribution is 7.91. The molecule has 7 heteroatoms. The van der Waals surface area contributed by atoms with E-state index in [0.717, 1.165) is 22.7 Å². The van der Waals surface area contributed by atoms with Gasteiger partial charge < -0.3 is 0 Å². The quantitative estimate of drug-likeness (QED) is 0.719. The fourth-order valence-electron chi connectivity index (χ4n) is 2.95. The van der Waals surface area contributed by atoms with Crippen molar-refractivity contribution in [1.82, 2.24) is 19.5 Å². The summed E-state index contributed by atoms with van der Waals surface area (Å²) in [6.07, 6.45) is 5.74. The molecule has 1 saturated heterocycles. The fraction of sp³-hybridized carbons (Fsp3) is 0.267. The summed E-state index contributed by atoms with van der Waals surface area (Å²) in [5.41, 5.74) is 2.42. The van der Waals surface area contributed by atoms with Crippen LogP contribution in [0.25, 0.3) is 16.9 Å². The largest absolute Gasteiger partial charge is 0.280 e. The van der Waals surface area contributed by atoms with Crippen LogP contribution in [0.4, 0.5) is 0 Å². The third kappa shape index (κ3) is 2.18. The molecule has 1 fully saturated rings. The number of sulfone groups is 1. The lowest BCUT2D eigenvalue weighted by Crippen LogP contribution is -2.10. The first-order valence-electron chi connectivity index (χ1n) is 7.08. The molecule has 0 bridgehead atoms. The number of hydrogen-bond donors (Lipinski definition) is 0. The Hall–Kier alpha value is -2.28. The van der Waals surface area contributed by atoms with Gasteiger partial charge in [-0.25, -0.2) is 18.4 Å². The zero-order valence-electron chi connectivity index (χ0n) is 11.8. The van der Waals surface area contributed by atoms with Gasteiger partial charge in [0.1, 0.15) is 11.3 Å². The minimum atomic E-state index is -2.97. The number of imidazole rings is 1. The Labute approximate surface area is 127 Å². The summed E-state index contributed by atoms with van der Waals surface area (Å²) < 4.78 is 25.6. The molecule has 0 aromatic carbocycles. The number of aromatic nitrogens is 4. The third-order valence-electron chi connectivity index (χ3n) is 3.96. The lowest BCUT2D eigenvalue weighted by atomic mass is 10.1. The topological polar surface area (TPSA) is 77.7 Å². The maximum Gasteiger partial charge on any atom is 0.164 e. The highest BCUT2D eigenvalue weighted by Gasteiger charge is 2.33. The maximum atomic E-state index is 11.8. The molecule has 0 radical (unpaired) electrons. The van der Waals surface area contributed by atoms with Gasteiger partial charge in [0, 0.05) is 24.5 Å². The Bertz CT molecular complexity index is 935. The molecule has 6 nitrogen and oxygen atoms in total. The molecule has 1 atom stereocenters. The van der Waals surface area contributed by atoms with Crippen molar-refractivity contribution in [2.75, 3.05) is 11.5 Å². The average molecular weight is 314 g/mol. The third-order valence-corrected chi connectivity index (χ3v) is 5.73. The zero-order valence-corrected chi connectivity index (χ0v) is 12.6. The van der Waals surface area contributed by atoms with Crippen LogP contribution in [0, 0.1) is 0 Å². The summed E-state index contributed by atoms with van der Waals surface area (Å²) in [6, 6.07) is 7.49. The Morgan fingerprint density at radius 1 is 1.14 bits per heavy atom. The lowest BCUT2D eigenvalue weighted by molar-refractivity contribution is 0.601. The summed E-state index contributed by atoms with van der Waals surface area (Å²) in [7, 11) is -2.97. The van der Waals surface area contributed by atoms with Crippen molar-refractivity contribution in [1.29, 1.82) is 0 Å². The van der Waals surface area contributed by atoms with E-state index < -0.39 is 9.84 Å². The predicted molar refractivity (Wildman–Crippen MR) is 82.7 cm³/mol. The van der Waals surface area contributed by atoms with Gasteiger partial charge in [0.25, 0.3) is 0 Å². The van der Waals surface area contributed by atoms with E-state index in [2.05, 4.69) is 15.0 Å². The molecule has 0 amide bonds. The van der Waals surface area contributed by atoms with Crippen LogP contribution >= 0.6 is 0 Å². The highest BCUT2D eigenvalue weighted by Crippen LogP contribution is 2.32. The van der Waals surface area contributed by atoms with Crippen LogP contribution in [-0.2, 0) is 9.84 Å². The SMILES string of the molecule is O=S1(=O)CCC(c2nc3cccnc3n2-c2ccncc2)C1. The standard InChI is InChI=1S/C15H14N4O2S/c20-22(21)9-5-11(10-22)14-18-13-2-1-6-17-15(13)19(14)12-3-7-16-8-4-12/h1-4,6-8,11H,5,9-10H2. The molecule has 0 aliphatic carbocycles. The number of hydrogen-bond acceptors (Lipinski definition) is 5. The molecule has 22 heavy (non-hydrogen) atoms. The Morgan fingerprint density at radius 2 is 1.95 bits per heavy atom. The first kappa shape index (κ1) is 13.4. The number of pyridine rings is 2. The van der Waals surface area contributed by atoms with Crippen LogP contribution in [0.3, 0.4) is 0 Å². The van der Waals surface area contributed by atoms with E-state index in [0.29, 0.717) is 6.42 Å². The summed E-state index contributed by atoms with van der Waals surface area (Å²) in [5.74, 6) is 1.06. The van der Waals surface area contributed by atoms with Gasteiger partial charge in [0.05, 0.1) is 17.2 Å². The second-order valence-electron chi connectivity index (χ2n) is 5.46. The van der Waals surface area contributed by atoms with Crippen molar-refractivity contribution in [2.45, 2.75) is 12.3 Å². The molecule has 3 aromatic heterocycles. The Balaban J connectivity index is 1.95.